The zero-order valence-corrected chi connectivity index (χ0v) is 18.5. The van der Waals surface area contributed by atoms with E-state index in [2.05, 4.69) is 10.6 Å². The third-order valence-corrected chi connectivity index (χ3v) is 7.65. The smallest absolute Gasteiger partial charge is 0.257 e. The molecule has 0 radical (unpaired) electrons. The lowest BCUT2D eigenvalue weighted by molar-refractivity contribution is 0.0949. The molecule has 7 nitrogen and oxygen atoms in total. The number of nitrogens with zero attached hydrogens (tertiary/aromatic N) is 1. The Morgan fingerprint density at radius 2 is 1.71 bits per heavy atom. The van der Waals surface area contributed by atoms with E-state index < -0.39 is 15.9 Å². The number of anilines is 1. The van der Waals surface area contributed by atoms with Crippen molar-refractivity contribution >= 4 is 39.1 Å². The van der Waals surface area contributed by atoms with Crippen molar-refractivity contribution in [1.29, 1.82) is 0 Å². The number of benzene rings is 2. The number of hydrogen-bond acceptors (Lipinski definition) is 4. The molecule has 1 saturated carbocycles. The number of piperidine rings is 1. The fraction of sp³-hybridized carbons (Fsp3) is 0.364. The summed E-state index contributed by atoms with van der Waals surface area (Å²) in [6.07, 6.45) is 4.63. The highest BCUT2D eigenvalue weighted by atomic mass is 35.5. The molecule has 2 aliphatic rings. The van der Waals surface area contributed by atoms with E-state index in [0.29, 0.717) is 24.3 Å². The highest BCUT2D eigenvalue weighted by molar-refractivity contribution is 7.89. The Morgan fingerprint density at radius 3 is 2.42 bits per heavy atom. The minimum Gasteiger partial charge on any atom is -0.349 e. The molecule has 31 heavy (non-hydrogen) atoms. The molecule has 9 heteroatoms. The van der Waals surface area contributed by atoms with E-state index >= 15 is 0 Å². The van der Waals surface area contributed by atoms with E-state index in [-0.39, 0.29) is 27.4 Å². The average Bonchev–Trinajstić information content (AvgIpc) is 3.58. The van der Waals surface area contributed by atoms with Crippen molar-refractivity contribution in [3.8, 4) is 0 Å². The molecule has 1 aliphatic heterocycles. The number of amides is 2. The lowest BCUT2D eigenvalue weighted by Crippen LogP contribution is -2.35. The van der Waals surface area contributed by atoms with Crippen LogP contribution in [0.1, 0.15) is 52.8 Å². The highest BCUT2D eigenvalue weighted by Crippen LogP contribution is 2.26. The maximum absolute atomic E-state index is 13.0. The minimum absolute atomic E-state index is 0.0431. The fourth-order valence-corrected chi connectivity index (χ4v) is 5.27. The summed E-state index contributed by atoms with van der Waals surface area (Å²) in [6.45, 7) is 0.949. The van der Waals surface area contributed by atoms with Gasteiger partial charge in [0.25, 0.3) is 11.8 Å². The topological polar surface area (TPSA) is 95.6 Å². The van der Waals surface area contributed by atoms with Crippen LogP contribution in [0, 0.1) is 0 Å². The Hall–Kier alpha value is -2.42. The Bertz CT molecular complexity index is 1110. The summed E-state index contributed by atoms with van der Waals surface area (Å²) in [7, 11) is -3.69. The van der Waals surface area contributed by atoms with Gasteiger partial charge in [-0.05, 0) is 62.1 Å². The lowest BCUT2D eigenvalue weighted by Gasteiger charge is -2.26. The van der Waals surface area contributed by atoms with E-state index in [1.165, 1.54) is 22.5 Å². The first-order chi connectivity index (χ1) is 14.8. The molecule has 1 saturated heterocycles. The highest BCUT2D eigenvalue weighted by Gasteiger charge is 2.27. The molecule has 2 N–H and O–H groups in total. The predicted molar refractivity (Wildman–Crippen MR) is 119 cm³/mol. The summed E-state index contributed by atoms with van der Waals surface area (Å²) in [5.74, 6) is -0.730. The third-order valence-electron chi connectivity index (χ3n) is 5.43. The Kier molecular flexibility index (Phi) is 6.31. The molecule has 0 spiro atoms. The van der Waals surface area contributed by atoms with Gasteiger partial charge in [-0.3, -0.25) is 9.59 Å². The molecule has 0 unspecified atom stereocenters. The molecule has 0 atom stereocenters. The molecule has 2 amide bonds. The number of sulfonamides is 1. The summed E-state index contributed by atoms with van der Waals surface area (Å²) >= 11 is 6.21. The first-order valence-corrected chi connectivity index (χ1v) is 12.2. The van der Waals surface area contributed by atoms with Gasteiger partial charge in [-0.2, -0.15) is 4.31 Å². The van der Waals surface area contributed by atoms with Crippen molar-refractivity contribution in [2.75, 3.05) is 18.4 Å². The van der Waals surface area contributed by atoms with Crippen molar-refractivity contribution in [2.45, 2.75) is 43.0 Å². The van der Waals surface area contributed by atoms with Gasteiger partial charge in [0.1, 0.15) is 0 Å². The van der Waals surface area contributed by atoms with Crippen LogP contribution in [-0.2, 0) is 10.0 Å². The summed E-state index contributed by atoms with van der Waals surface area (Å²) < 4.78 is 27.4. The molecule has 2 aromatic carbocycles. The maximum Gasteiger partial charge on any atom is 0.257 e. The van der Waals surface area contributed by atoms with E-state index in [0.717, 1.165) is 32.1 Å². The molecule has 164 valence electrons. The summed E-state index contributed by atoms with van der Waals surface area (Å²) in [6, 6.07) is 11.0. The van der Waals surface area contributed by atoms with Crippen molar-refractivity contribution in [3.63, 3.8) is 0 Å². The number of carbonyl (C=O) groups is 2. The van der Waals surface area contributed by atoms with Crippen LogP contribution in [0.25, 0.3) is 0 Å². The van der Waals surface area contributed by atoms with Gasteiger partial charge in [0.05, 0.1) is 15.5 Å². The van der Waals surface area contributed by atoms with Gasteiger partial charge in [0.2, 0.25) is 10.0 Å². The molecular formula is C22H24ClN3O4S. The van der Waals surface area contributed by atoms with E-state index in [4.69, 9.17) is 11.6 Å². The number of nitrogens with one attached hydrogen (secondary N) is 2. The van der Waals surface area contributed by atoms with Gasteiger partial charge in [-0.25, -0.2) is 8.42 Å². The molecule has 0 bridgehead atoms. The Labute approximate surface area is 186 Å². The van der Waals surface area contributed by atoms with Crippen LogP contribution < -0.4 is 10.6 Å². The molecule has 2 fully saturated rings. The fourth-order valence-electron chi connectivity index (χ4n) is 3.53. The summed E-state index contributed by atoms with van der Waals surface area (Å²) in [5.41, 5.74) is 0.929. The van der Waals surface area contributed by atoms with Crippen LogP contribution >= 0.6 is 11.6 Å². The van der Waals surface area contributed by atoms with E-state index in [1.807, 2.05) is 0 Å². The van der Waals surface area contributed by atoms with Gasteiger partial charge in [0.15, 0.2) is 0 Å². The molecule has 0 aromatic heterocycles. The van der Waals surface area contributed by atoms with E-state index in [1.54, 1.807) is 24.3 Å². The van der Waals surface area contributed by atoms with Crippen molar-refractivity contribution < 1.29 is 18.0 Å². The molecule has 2 aromatic rings. The number of rotatable bonds is 6. The Morgan fingerprint density at radius 1 is 0.968 bits per heavy atom. The number of hydrogen-bond donors (Lipinski definition) is 2. The molecule has 1 heterocycles. The first-order valence-electron chi connectivity index (χ1n) is 10.4. The lowest BCUT2D eigenvalue weighted by atomic mass is 10.1. The van der Waals surface area contributed by atoms with Crippen LogP contribution in [0.15, 0.2) is 47.4 Å². The predicted octanol–water partition coefficient (Wildman–Crippen LogP) is 3.66. The second kappa shape index (κ2) is 8.98. The summed E-state index contributed by atoms with van der Waals surface area (Å²) in [5, 5.41) is 5.76. The SMILES string of the molecule is O=C(NC1CC1)c1cccc(NC(=O)c2cc(S(=O)(=O)N3CCCCC3)ccc2Cl)c1. The zero-order valence-electron chi connectivity index (χ0n) is 16.9. The van der Waals surface area contributed by atoms with Gasteiger partial charge >= 0.3 is 0 Å². The van der Waals surface area contributed by atoms with Crippen molar-refractivity contribution in [2.24, 2.45) is 0 Å². The second-order valence-corrected chi connectivity index (χ2v) is 10.2. The van der Waals surface area contributed by atoms with Crippen molar-refractivity contribution in [1.82, 2.24) is 9.62 Å². The van der Waals surface area contributed by atoms with Crippen molar-refractivity contribution in [3.05, 3.63) is 58.6 Å². The number of carbonyl (C=O) groups excluding carboxylic acids is 2. The second-order valence-electron chi connectivity index (χ2n) is 7.89. The average molecular weight is 462 g/mol. The van der Waals surface area contributed by atoms with Crippen LogP contribution in [0.2, 0.25) is 5.02 Å². The third kappa shape index (κ3) is 5.08. The van der Waals surface area contributed by atoms with E-state index in [9.17, 15) is 18.0 Å². The molecular weight excluding hydrogens is 438 g/mol. The van der Waals surface area contributed by atoms with Crippen LogP contribution in [-0.4, -0.2) is 43.7 Å². The monoisotopic (exact) mass is 461 g/mol. The largest absolute Gasteiger partial charge is 0.349 e. The Balaban J connectivity index is 1.53. The minimum atomic E-state index is -3.69. The van der Waals surface area contributed by atoms with Gasteiger partial charge in [-0.1, -0.05) is 24.1 Å². The number of halogens is 1. The maximum atomic E-state index is 13.0. The quantitative estimate of drug-likeness (QED) is 0.686. The van der Waals surface area contributed by atoms with Crippen LogP contribution in [0.5, 0.6) is 0 Å². The standard InChI is InChI=1S/C22H24ClN3O4S/c23-20-10-9-18(31(29,30)26-11-2-1-3-12-26)14-19(20)22(28)25-17-6-4-5-15(13-17)21(27)24-16-7-8-16/h4-6,9-10,13-14,16H,1-3,7-8,11-12H2,(H,24,27)(H,25,28). The first kappa shape index (κ1) is 21.8. The van der Waals surface area contributed by atoms with Gasteiger partial charge < -0.3 is 10.6 Å². The molecule has 1 aliphatic carbocycles. The normalized spacial score (nSPS) is 17.2. The van der Waals surface area contributed by atoms with Crippen LogP contribution in [0.4, 0.5) is 5.69 Å². The zero-order chi connectivity index (χ0) is 22.0. The van der Waals surface area contributed by atoms with Crippen LogP contribution in [0.3, 0.4) is 0 Å². The molecule has 4 rings (SSSR count). The van der Waals surface area contributed by atoms with Gasteiger partial charge in [-0.15, -0.1) is 0 Å². The van der Waals surface area contributed by atoms with Gasteiger partial charge in [0, 0.05) is 30.4 Å². The summed E-state index contributed by atoms with van der Waals surface area (Å²) in [4.78, 5) is 25.1.